The number of nitrogens with two attached hydrogens (primary N) is 4. The van der Waals surface area contributed by atoms with Gasteiger partial charge in [0.05, 0.1) is 22.2 Å². The van der Waals surface area contributed by atoms with Gasteiger partial charge >= 0.3 is 0 Å². The molecule has 0 radical (unpaired) electrons. The first-order chi connectivity index (χ1) is 27.7. The quantitative estimate of drug-likeness (QED) is 0.0979. The molecule has 12 nitrogen and oxygen atoms in total. The minimum atomic E-state index is -0.473. The van der Waals surface area contributed by atoms with Crippen LogP contribution in [0.4, 0.5) is 11.4 Å². The summed E-state index contributed by atoms with van der Waals surface area (Å²) in [5.74, 6) is -0.415. The summed E-state index contributed by atoms with van der Waals surface area (Å²) in [6, 6.07) is 23.3. The van der Waals surface area contributed by atoms with E-state index in [9.17, 15) is 19.2 Å². The van der Waals surface area contributed by atoms with Gasteiger partial charge in [-0.25, -0.2) is 0 Å². The van der Waals surface area contributed by atoms with Gasteiger partial charge in [0, 0.05) is 79.5 Å². The van der Waals surface area contributed by atoms with E-state index in [0.717, 1.165) is 116 Å². The molecular weight excluding hydrogens is 729 g/mol. The summed E-state index contributed by atoms with van der Waals surface area (Å²) < 4.78 is 0. The fourth-order valence-electron chi connectivity index (χ4n) is 8.33. The lowest BCUT2D eigenvalue weighted by Gasteiger charge is -2.30. The maximum atomic E-state index is 12.0. The second-order valence-electron chi connectivity index (χ2n) is 15.3. The molecule has 4 amide bonds. The highest BCUT2D eigenvalue weighted by atomic mass is 16.2. The molecule has 1 fully saturated rings. The molecule has 0 bridgehead atoms. The highest BCUT2D eigenvalue weighted by molar-refractivity contribution is 6.11. The zero-order chi connectivity index (χ0) is 41.4. The van der Waals surface area contributed by atoms with Crippen LogP contribution < -0.4 is 22.9 Å². The molecule has 0 spiro atoms. The predicted octanol–water partition coefficient (Wildman–Crippen LogP) is 7.01. The van der Waals surface area contributed by atoms with Gasteiger partial charge in [-0.2, -0.15) is 0 Å². The van der Waals surface area contributed by atoms with E-state index in [-0.39, 0.29) is 11.8 Å². The summed E-state index contributed by atoms with van der Waals surface area (Å²) in [6.45, 7) is 9.96. The second-order valence-corrected chi connectivity index (χ2v) is 15.3. The number of fused-ring (bicyclic) bond motifs is 2. The maximum absolute atomic E-state index is 12.0. The minimum Gasteiger partial charge on any atom is -0.398 e. The van der Waals surface area contributed by atoms with Crippen LogP contribution in [-0.4, -0.2) is 69.6 Å². The smallest absolute Gasteiger partial charge is 0.250 e. The number of nitrogen functional groups attached to an aromatic ring is 2. The molecule has 2 aliphatic rings. The molecule has 0 aliphatic carbocycles. The number of hydrogen-bond acceptors (Lipinski definition) is 6. The van der Waals surface area contributed by atoms with Crippen molar-refractivity contribution in [3.05, 3.63) is 113 Å². The summed E-state index contributed by atoms with van der Waals surface area (Å²) in [4.78, 5) is 57.8. The molecule has 10 N–H and O–H groups in total. The number of carbonyl (C=O) groups is 4. The molecule has 1 saturated heterocycles. The van der Waals surface area contributed by atoms with Crippen molar-refractivity contribution >= 4 is 62.4 Å². The molecule has 2 aromatic heterocycles. The molecule has 298 valence electrons. The number of hydrogen-bond donors (Lipinski definition) is 6. The fraction of sp³-hybridized carbons (Fsp3) is 0.261. The SMILES string of the molecule is CC(=O)N1CC=C(c2cc3c(-c4cccc(N)c4C)ccc(C(N)=O)c3[nH]2)CC1.CC(=O)N1CCC(c2cc3c(-c4cccc(N)c4C)ccc(C(N)=O)c3[nH]2)CC1. The van der Waals surface area contributed by atoms with Crippen molar-refractivity contribution in [3.8, 4) is 22.3 Å². The zero-order valence-electron chi connectivity index (χ0n) is 33.4. The summed E-state index contributed by atoms with van der Waals surface area (Å²) >= 11 is 0. The van der Waals surface area contributed by atoms with Gasteiger partial charge in [-0.3, -0.25) is 19.2 Å². The van der Waals surface area contributed by atoms with E-state index in [0.29, 0.717) is 30.1 Å². The Hall–Kier alpha value is -6.82. The van der Waals surface area contributed by atoms with E-state index in [1.807, 2.05) is 72.2 Å². The predicted molar refractivity (Wildman–Crippen MR) is 232 cm³/mol. The van der Waals surface area contributed by atoms with Gasteiger partial charge in [-0.1, -0.05) is 42.5 Å². The van der Waals surface area contributed by atoms with Gasteiger partial charge < -0.3 is 42.7 Å². The molecule has 0 unspecified atom stereocenters. The number of piperidine rings is 1. The molecule has 2 aliphatic heterocycles. The Kier molecular flexibility index (Phi) is 10.9. The number of benzene rings is 4. The van der Waals surface area contributed by atoms with E-state index in [2.05, 4.69) is 28.2 Å². The molecule has 4 aromatic carbocycles. The van der Waals surface area contributed by atoms with E-state index >= 15 is 0 Å². The second kappa shape index (κ2) is 16.0. The van der Waals surface area contributed by atoms with E-state index < -0.39 is 11.8 Å². The third kappa shape index (κ3) is 7.52. The molecule has 4 heterocycles. The summed E-state index contributed by atoms with van der Waals surface area (Å²) in [5.41, 5.74) is 36.7. The lowest BCUT2D eigenvalue weighted by molar-refractivity contribution is -0.130. The van der Waals surface area contributed by atoms with E-state index in [1.54, 1.807) is 26.0 Å². The van der Waals surface area contributed by atoms with Gasteiger partial charge in [0.2, 0.25) is 11.8 Å². The molecule has 0 saturated carbocycles. The first kappa shape index (κ1) is 39.4. The average Bonchev–Trinajstić information content (AvgIpc) is 3.86. The number of anilines is 2. The molecule has 12 heteroatoms. The van der Waals surface area contributed by atoms with Crippen molar-refractivity contribution in [2.45, 2.75) is 52.9 Å². The van der Waals surface area contributed by atoms with E-state index in [4.69, 9.17) is 22.9 Å². The number of amides is 4. The average molecular weight is 779 g/mol. The number of nitrogens with one attached hydrogen (secondary N) is 2. The Morgan fingerprint density at radius 3 is 1.64 bits per heavy atom. The number of aromatic amines is 2. The monoisotopic (exact) mass is 778 g/mol. The topological polar surface area (TPSA) is 210 Å². The Morgan fingerprint density at radius 1 is 0.638 bits per heavy atom. The summed E-state index contributed by atoms with van der Waals surface area (Å²) in [6.07, 6.45) is 4.60. The summed E-state index contributed by atoms with van der Waals surface area (Å²) in [7, 11) is 0. The van der Waals surface area contributed by atoms with Crippen LogP contribution >= 0.6 is 0 Å². The van der Waals surface area contributed by atoms with Crippen LogP contribution in [0.5, 0.6) is 0 Å². The van der Waals surface area contributed by atoms with Crippen molar-refractivity contribution in [1.29, 1.82) is 0 Å². The largest absolute Gasteiger partial charge is 0.398 e. The Labute approximate surface area is 337 Å². The fourth-order valence-corrected chi connectivity index (χ4v) is 8.33. The van der Waals surface area contributed by atoms with Crippen LogP contribution in [0.1, 0.15) is 82.3 Å². The number of primary amides is 2. The third-order valence-corrected chi connectivity index (χ3v) is 11.9. The van der Waals surface area contributed by atoms with Crippen LogP contribution in [0.3, 0.4) is 0 Å². The third-order valence-electron chi connectivity index (χ3n) is 11.9. The standard InChI is InChI=1S/C23H26N4O2.C23H24N4O2/c2*1-13-16(4-3-5-20(13)24)17-6-7-18(23(25)29)22-19(17)12-21(26-22)15-8-10-27(11-9-15)14(2)28/h3-7,12,15,26H,8-11,24H2,1-2H3,(H2,25,29);3-8,12,26H,9-11,24H2,1-2H3,(H2,25,29). The normalized spacial score (nSPS) is 14.6. The van der Waals surface area contributed by atoms with Crippen LogP contribution in [0.2, 0.25) is 0 Å². The lowest BCUT2D eigenvalue weighted by Crippen LogP contribution is -2.36. The molecular formula is C46H50N8O4. The number of rotatable bonds is 6. The molecule has 58 heavy (non-hydrogen) atoms. The van der Waals surface area contributed by atoms with Gasteiger partial charge in [0.1, 0.15) is 0 Å². The Morgan fingerprint density at radius 2 is 1.16 bits per heavy atom. The number of nitrogens with zero attached hydrogens (tertiary/aromatic N) is 2. The maximum Gasteiger partial charge on any atom is 0.250 e. The van der Waals surface area contributed by atoms with Gasteiger partial charge in [-0.05, 0) is 108 Å². The number of H-pyrrole nitrogens is 2. The lowest BCUT2D eigenvalue weighted by atomic mass is 9.92. The minimum absolute atomic E-state index is 0.0763. The van der Waals surface area contributed by atoms with Gasteiger partial charge in [0.15, 0.2) is 0 Å². The highest BCUT2D eigenvalue weighted by Crippen LogP contribution is 2.39. The first-order valence-electron chi connectivity index (χ1n) is 19.6. The van der Waals surface area contributed by atoms with Crippen LogP contribution in [-0.2, 0) is 9.59 Å². The van der Waals surface area contributed by atoms with Crippen LogP contribution in [0.15, 0.2) is 78.9 Å². The number of aromatic nitrogens is 2. The van der Waals surface area contributed by atoms with Gasteiger partial charge in [-0.15, -0.1) is 0 Å². The Bertz CT molecular complexity index is 2640. The highest BCUT2D eigenvalue weighted by Gasteiger charge is 2.25. The van der Waals surface area contributed by atoms with Crippen LogP contribution in [0, 0.1) is 13.8 Å². The van der Waals surface area contributed by atoms with Crippen molar-refractivity contribution in [2.24, 2.45) is 11.5 Å². The number of carbonyl (C=O) groups excluding carboxylic acids is 4. The van der Waals surface area contributed by atoms with Crippen molar-refractivity contribution in [1.82, 2.24) is 19.8 Å². The molecule has 0 atom stereocenters. The van der Waals surface area contributed by atoms with Crippen molar-refractivity contribution in [2.75, 3.05) is 37.6 Å². The van der Waals surface area contributed by atoms with Crippen molar-refractivity contribution < 1.29 is 19.2 Å². The summed E-state index contributed by atoms with van der Waals surface area (Å²) in [5, 5.41) is 1.90. The van der Waals surface area contributed by atoms with E-state index in [1.165, 1.54) is 0 Å². The zero-order valence-corrected chi connectivity index (χ0v) is 33.4. The molecule has 6 aromatic rings. The van der Waals surface area contributed by atoms with Gasteiger partial charge in [0.25, 0.3) is 11.8 Å². The van der Waals surface area contributed by atoms with Crippen molar-refractivity contribution in [3.63, 3.8) is 0 Å². The Balaban J connectivity index is 0.000000177. The first-order valence-corrected chi connectivity index (χ1v) is 19.6. The van der Waals surface area contributed by atoms with Crippen LogP contribution in [0.25, 0.3) is 49.6 Å². The number of likely N-dealkylation sites (tertiary alicyclic amines) is 1. The molecule has 8 rings (SSSR count).